The van der Waals surface area contributed by atoms with Crippen molar-refractivity contribution in [3.8, 4) is 17.2 Å². The van der Waals surface area contributed by atoms with Gasteiger partial charge in [-0.3, -0.25) is 9.69 Å². The third-order valence-corrected chi connectivity index (χ3v) is 6.71. The van der Waals surface area contributed by atoms with Gasteiger partial charge in [-0.05, 0) is 56.6 Å². The second-order valence-electron chi connectivity index (χ2n) is 8.57. The van der Waals surface area contributed by atoms with Gasteiger partial charge in [0, 0.05) is 17.0 Å². The Balaban J connectivity index is 1.22. The largest absolute Gasteiger partial charge is 0.492 e. The van der Waals surface area contributed by atoms with Gasteiger partial charge in [0.1, 0.15) is 36.8 Å². The van der Waals surface area contributed by atoms with Crippen molar-refractivity contribution in [2.24, 2.45) is 0 Å². The van der Waals surface area contributed by atoms with Gasteiger partial charge < -0.3 is 14.6 Å². The summed E-state index contributed by atoms with van der Waals surface area (Å²) in [6, 6.07) is 13.6. The highest BCUT2D eigenvalue weighted by Crippen LogP contribution is 2.46. The molecule has 0 saturated carbocycles. The quantitative estimate of drug-likeness (QED) is 0.638. The van der Waals surface area contributed by atoms with E-state index in [0.717, 1.165) is 48.7 Å². The van der Waals surface area contributed by atoms with E-state index in [1.54, 1.807) is 17.9 Å². The number of aromatic nitrogens is 3. The molecular weight excluding hydrogens is 408 g/mol. The maximum atomic E-state index is 11.3. The van der Waals surface area contributed by atoms with Gasteiger partial charge in [0.05, 0.1) is 12.3 Å². The summed E-state index contributed by atoms with van der Waals surface area (Å²) in [4.78, 5) is 17.3. The van der Waals surface area contributed by atoms with Gasteiger partial charge in [0.2, 0.25) is 0 Å². The smallest absolute Gasteiger partial charge is 0.320 e. The van der Waals surface area contributed by atoms with Gasteiger partial charge >= 0.3 is 5.97 Å². The van der Waals surface area contributed by atoms with Gasteiger partial charge in [-0.15, -0.1) is 0 Å². The standard InChI is InChI=1S/C24H26N4O4/c1-17(23(29)30)27-10-8-24(9-11-27)14-32-22-12-20(6-7-21(22)24)31-13-18-2-4-19(5-3-18)28-16-25-15-26-28/h2-7,12,15-17H,8-11,13-14H2,1H3,(H,29,30). The predicted molar refractivity (Wildman–Crippen MR) is 117 cm³/mol. The topological polar surface area (TPSA) is 89.7 Å². The van der Waals surface area contributed by atoms with Crippen molar-refractivity contribution >= 4 is 5.97 Å². The van der Waals surface area contributed by atoms with Crippen LogP contribution in [0.5, 0.6) is 11.5 Å². The molecule has 1 N–H and O–H groups in total. The molecule has 0 radical (unpaired) electrons. The molecule has 2 aliphatic heterocycles. The van der Waals surface area contributed by atoms with E-state index in [1.165, 1.54) is 11.9 Å². The number of fused-ring (bicyclic) bond motifs is 2. The maximum absolute atomic E-state index is 11.3. The lowest BCUT2D eigenvalue weighted by Gasteiger charge is -2.40. The average Bonchev–Trinajstić information content (AvgIpc) is 3.47. The van der Waals surface area contributed by atoms with Crippen molar-refractivity contribution in [3.05, 3.63) is 66.2 Å². The molecule has 1 unspecified atom stereocenters. The van der Waals surface area contributed by atoms with Gasteiger partial charge in [-0.2, -0.15) is 5.10 Å². The highest BCUT2D eigenvalue weighted by molar-refractivity contribution is 5.72. The second-order valence-corrected chi connectivity index (χ2v) is 8.57. The summed E-state index contributed by atoms with van der Waals surface area (Å²) in [5.74, 6) is 0.890. The first-order valence-corrected chi connectivity index (χ1v) is 10.9. The molecule has 1 spiro atoms. The lowest BCUT2D eigenvalue weighted by atomic mass is 9.74. The zero-order valence-corrected chi connectivity index (χ0v) is 18.0. The fourth-order valence-electron chi connectivity index (χ4n) is 4.61. The monoisotopic (exact) mass is 434 g/mol. The van der Waals surface area contributed by atoms with Crippen LogP contribution in [0.15, 0.2) is 55.1 Å². The van der Waals surface area contributed by atoms with E-state index in [4.69, 9.17) is 9.47 Å². The number of hydrogen-bond acceptors (Lipinski definition) is 6. The first kappa shape index (κ1) is 20.5. The minimum atomic E-state index is -0.765. The number of hydrogen-bond donors (Lipinski definition) is 1. The Kier molecular flexibility index (Phi) is 5.30. The molecule has 8 heteroatoms. The van der Waals surface area contributed by atoms with Crippen molar-refractivity contribution in [1.29, 1.82) is 0 Å². The van der Waals surface area contributed by atoms with Gasteiger partial charge in [0.15, 0.2) is 0 Å². The van der Waals surface area contributed by atoms with Crippen LogP contribution in [0.4, 0.5) is 0 Å². The minimum absolute atomic E-state index is 0.0280. The number of aliphatic carboxylic acids is 1. The molecular formula is C24H26N4O4. The number of carbonyl (C=O) groups is 1. The van der Waals surface area contributed by atoms with Gasteiger partial charge in [-0.25, -0.2) is 9.67 Å². The van der Waals surface area contributed by atoms with E-state index < -0.39 is 12.0 Å². The van der Waals surface area contributed by atoms with Gasteiger partial charge in [-0.1, -0.05) is 18.2 Å². The maximum Gasteiger partial charge on any atom is 0.320 e. The number of benzene rings is 2. The summed E-state index contributed by atoms with van der Waals surface area (Å²) in [5.41, 5.74) is 3.20. The summed E-state index contributed by atoms with van der Waals surface area (Å²) in [6.45, 7) is 4.39. The zero-order valence-electron chi connectivity index (χ0n) is 18.0. The molecule has 166 valence electrons. The van der Waals surface area contributed by atoms with Crippen molar-refractivity contribution in [3.63, 3.8) is 0 Å². The molecule has 1 fully saturated rings. The van der Waals surface area contributed by atoms with Crippen LogP contribution in [0.1, 0.15) is 30.9 Å². The van der Waals surface area contributed by atoms with Crippen molar-refractivity contribution < 1.29 is 19.4 Å². The molecule has 3 aromatic rings. The summed E-state index contributed by atoms with van der Waals surface area (Å²) < 4.78 is 13.8. The SMILES string of the molecule is CC(C(=O)O)N1CCC2(CC1)COc1cc(OCc3ccc(-n4cncn4)cc3)ccc12. The molecule has 32 heavy (non-hydrogen) atoms. The fraction of sp³-hybridized carbons (Fsp3) is 0.375. The Morgan fingerprint density at radius 1 is 1.22 bits per heavy atom. The molecule has 5 rings (SSSR count). The lowest BCUT2D eigenvalue weighted by molar-refractivity contribution is -0.143. The summed E-state index contributed by atoms with van der Waals surface area (Å²) >= 11 is 0. The number of piperidine rings is 1. The Labute approximate surface area is 186 Å². The molecule has 0 bridgehead atoms. The Hall–Kier alpha value is -3.39. The zero-order chi connectivity index (χ0) is 22.1. The van der Waals surface area contributed by atoms with Crippen LogP contribution in [0.25, 0.3) is 5.69 Å². The van der Waals surface area contributed by atoms with Crippen LogP contribution in [-0.2, 0) is 16.8 Å². The van der Waals surface area contributed by atoms with Crippen LogP contribution in [0.2, 0.25) is 0 Å². The van der Waals surface area contributed by atoms with Crippen molar-refractivity contribution in [2.75, 3.05) is 19.7 Å². The predicted octanol–water partition coefficient (Wildman–Crippen LogP) is 3.05. The Morgan fingerprint density at radius 2 is 2.00 bits per heavy atom. The van der Waals surface area contributed by atoms with E-state index in [1.807, 2.05) is 41.3 Å². The van der Waals surface area contributed by atoms with Crippen molar-refractivity contribution in [1.82, 2.24) is 19.7 Å². The van der Waals surface area contributed by atoms with E-state index >= 15 is 0 Å². The Bertz CT molecular complexity index is 1090. The lowest BCUT2D eigenvalue weighted by Crippen LogP contribution is -2.49. The normalized spacial score (nSPS) is 18.2. The molecule has 8 nitrogen and oxygen atoms in total. The minimum Gasteiger partial charge on any atom is -0.492 e. The van der Waals surface area contributed by atoms with Crippen LogP contribution in [0.3, 0.4) is 0 Å². The number of carboxylic acid groups (broad SMARTS) is 1. The van der Waals surface area contributed by atoms with E-state index in [0.29, 0.717) is 13.2 Å². The molecule has 2 aromatic carbocycles. The molecule has 0 amide bonds. The molecule has 1 atom stereocenters. The van der Waals surface area contributed by atoms with Crippen LogP contribution in [-0.4, -0.2) is 56.5 Å². The molecule has 1 saturated heterocycles. The van der Waals surface area contributed by atoms with E-state index in [-0.39, 0.29) is 5.41 Å². The molecule has 2 aliphatic rings. The summed E-state index contributed by atoms with van der Waals surface area (Å²) in [7, 11) is 0. The highest BCUT2D eigenvalue weighted by atomic mass is 16.5. The number of ether oxygens (including phenoxy) is 2. The summed E-state index contributed by atoms with van der Waals surface area (Å²) in [6.07, 6.45) is 4.97. The Morgan fingerprint density at radius 3 is 2.69 bits per heavy atom. The van der Waals surface area contributed by atoms with Crippen LogP contribution in [0, 0.1) is 0 Å². The van der Waals surface area contributed by atoms with Gasteiger partial charge in [0.25, 0.3) is 0 Å². The third kappa shape index (κ3) is 3.82. The number of likely N-dealkylation sites (tertiary alicyclic amines) is 1. The fourth-order valence-corrected chi connectivity index (χ4v) is 4.61. The average molecular weight is 434 g/mol. The first-order valence-electron chi connectivity index (χ1n) is 10.9. The van der Waals surface area contributed by atoms with Crippen LogP contribution < -0.4 is 9.47 Å². The molecule has 1 aromatic heterocycles. The van der Waals surface area contributed by atoms with Crippen molar-refractivity contribution in [2.45, 2.75) is 37.8 Å². The number of carboxylic acids is 1. The molecule has 3 heterocycles. The highest BCUT2D eigenvalue weighted by Gasteiger charge is 2.44. The van der Waals surface area contributed by atoms with Crippen LogP contribution >= 0.6 is 0 Å². The summed E-state index contributed by atoms with van der Waals surface area (Å²) in [5, 5.41) is 13.4. The first-order chi connectivity index (χ1) is 15.5. The number of nitrogens with zero attached hydrogens (tertiary/aromatic N) is 4. The van der Waals surface area contributed by atoms with E-state index in [9.17, 15) is 9.90 Å². The second kappa shape index (κ2) is 8.27. The third-order valence-electron chi connectivity index (χ3n) is 6.71. The van der Waals surface area contributed by atoms with E-state index in [2.05, 4.69) is 16.1 Å². The number of rotatable bonds is 6. The molecule has 0 aliphatic carbocycles.